The normalized spacial score (nSPS) is 12.1. The van der Waals surface area contributed by atoms with Crippen LogP contribution in [0.5, 0.6) is 0 Å². The fourth-order valence-corrected chi connectivity index (χ4v) is 1.68. The van der Waals surface area contributed by atoms with Gasteiger partial charge in [-0.25, -0.2) is 0 Å². The monoisotopic (exact) mass is 243 g/mol. The number of benzene rings is 1. The van der Waals surface area contributed by atoms with Crippen LogP contribution < -0.4 is 0 Å². The predicted molar refractivity (Wildman–Crippen MR) is 58.8 cm³/mol. The zero-order valence-corrected chi connectivity index (χ0v) is 9.27. The van der Waals surface area contributed by atoms with E-state index >= 15 is 0 Å². The number of hydrogen-bond acceptors (Lipinski definition) is 3. The van der Waals surface area contributed by atoms with Crippen molar-refractivity contribution in [1.82, 2.24) is 0 Å². The van der Waals surface area contributed by atoms with E-state index in [1.54, 1.807) is 6.92 Å². The first-order valence-corrected chi connectivity index (χ1v) is 5.01. The quantitative estimate of drug-likeness (QED) is 0.651. The smallest absolute Gasteiger partial charge is 0.311 e. The van der Waals surface area contributed by atoms with Crippen LogP contribution in [-0.2, 0) is 4.79 Å². The lowest BCUT2D eigenvalue weighted by Gasteiger charge is -2.10. The highest BCUT2D eigenvalue weighted by Crippen LogP contribution is 2.31. The molecule has 0 aliphatic carbocycles. The van der Waals surface area contributed by atoms with E-state index in [0.29, 0.717) is 5.02 Å². The summed E-state index contributed by atoms with van der Waals surface area (Å²) in [5.41, 5.74) is -0.0637. The lowest BCUT2D eigenvalue weighted by molar-refractivity contribution is -0.385. The van der Waals surface area contributed by atoms with Crippen molar-refractivity contribution < 1.29 is 14.8 Å². The molecule has 0 spiro atoms. The summed E-state index contributed by atoms with van der Waals surface area (Å²) >= 11 is 5.71. The second-order valence-corrected chi connectivity index (χ2v) is 3.70. The molecule has 1 aromatic carbocycles. The van der Waals surface area contributed by atoms with Crippen LogP contribution in [0.25, 0.3) is 0 Å². The molecule has 0 heterocycles. The van der Waals surface area contributed by atoms with Gasteiger partial charge in [0.25, 0.3) is 5.69 Å². The highest BCUT2D eigenvalue weighted by Gasteiger charge is 2.26. The number of aliphatic carboxylic acids is 1. The molecule has 0 saturated carbocycles. The first-order chi connectivity index (χ1) is 7.47. The van der Waals surface area contributed by atoms with Crippen LogP contribution in [0, 0.1) is 10.1 Å². The Bertz CT molecular complexity index is 433. The van der Waals surface area contributed by atoms with Crippen LogP contribution >= 0.6 is 11.6 Å². The molecule has 1 rings (SSSR count). The summed E-state index contributed by atoms with van der Waals surface area (Å²) in [7, 11) is 0. The van der Waals surface area contributed by atoms with E-state index in [2.05, 4.69) is 0 Å². The molecule has 0 amide bonds. The highest BCUT2D eigenvalue weighted by molar-refractivity contribution is 6.30. The van der Waals surface area contributed by atoms with Crippen molar-refractivity contribution in [1.29, 1.82) is 0 Å². The Labute approximate surface area is 96.8 Å². The van der Waals surface area contributed by atoms with Crippen LogP contribution in [0.15, 0.2) is 18.2 Å². The van der Waals surface area contributed by atoms with Gasteiger partial charge >= 0.3 is 5.97 Å². The number of carboxylic acids is 1. The molecule has 86 valence electrons. The number of halogens is 1. The Morgan fingerprint density at radius 3 is 2.69 bits per heavy atom. The Balaban J connectivity index is 3.33. The average Bonchev–Trinajstić information content (AvgIpc) is 2.17. The van der Waals surface area contributed by atoms with Gasteiger partial charge in [0.2, 0.25) is 0 Å². The molecular weight excluding hydrogens is 234 g/mol. The van der Waals surface area contributed by atoms with E-state index in [9.17, 15) is 14.9 Å². The van der Waals surface area contributed by atoms with Gasteiger partial charge in [0.05, 0.1) is 10.8 Å². The fraction of sp³-hybridized carbons (Fsp3) is 0.300. The van der Waals surface area contributed by atoms with E-state index in [4.69, 9.17) is 16.7 Å². The number of nitro groups is 1. The molecule has 0 aromatic heterocycles. The number of rotatable bonds is 4. The van der Waals surface area contributed by atoms with Crippen molar-refractivity contribution in [2.75, 3.05) is 0 Å². The molecule has 0 saturated heterocycles. The summed E-state index contributed by atoms with van der Waals surface area (Å²) < 4.78 is 0. The molecule has 0 aliphatic heterocycles. The van der Waals surface area contributed by atoms with Crippen LogP contribution in [0.2, 0.25) is 5.02 Å². The zero-order valence-electron chi connectivity index (χ0n) is 8.51. The van der Waals surface area contributed by atoms with Crippen LogP contribution in [0.1, 0.15) is 24.8 Å². The van der Waals surface area contributed by atoms with E-state index < -0.39 is 16.8 Å². The fourth-order valence-electron chi connectivity index (χ4n) is 1.50. The zero-order chi connectivity index (χ0) is 12.3. The number of nitro benzene ring substituents is 1. The summed E-state index contributed by atoms with van der Waals surface area (Å²) in [6, 6.07) is 3.93. The van der Waals surface area contributed by atoms with E-state index in [1.807, 2.05) is 0 Å². The van der Waals surface area contributed by atoms with Gasteiger partial charge in [-0.05, 0) is 18.6 Å². The Hall–Kier alpha value is -1.62. The molecule has 1 atom stereocenters. The number of carbonyl (C=O) groups is 1. The second kappa shape index (κ2) is 4.94. The topological polar surface area (TPSA) is 80.4 Å². The van der Waals surface area contributed by atoms with Gasteiger partial charge in [-0.1, -0.05) is 18.5 Å². The summed E-state index contributed by atoms with van der Waals surface area (Å²) in [6.07, 6.45) is 0.274. The molecule has 0 bridgehead atoms. The molecule has 1 aromatic rings. The van der Waals surface area contributed by atoms with Crippen LogP contribution in [-0.4, -0.2) is 16.0 Å². The minimum Gasteiger partial charge on any atom is -0.481 e. The van der Waals surface area contributed by atoms with Crippen LogP contribution in [0.3, 0.4) is 0 Å². The Kier molecular flexibility index (Phi) is 3.84. The number of hydrogen-bond donors (Lipinski definition) is 1. The van der Waals surface area contributed by atoms with Crippen LogP contribution in [0.4, 0.5) is 5.69 Å². The predicted octanol–water partition coefficient (Wildman–Crippen LogP) is 2.83. The van der Waals surface area contributed by atoms with E-state index in [0.717, 1.165) is 0 Å². The third kappa shape index (κ3) is 2.49. The minimum atomic E-state index is -1.09. The average molecular weight is 244 g/mol. The van der Waals surface area contributed by atoms with Crippen molar-refractivity contribution in [3.8, 4) is 0 Å². The largest absolute Gasteiger partial charge is 0.481 e. The van der Waals surface area contributed by atoms with E-state index in [-0.39, 0.29) is 17.7 Å². The maximum atomic E-state index is 11.0. The standard InChI is InChI=1S/C10H10ClNO4/c1-2-7(10(13)14)8-5-6(11)3-4-9(8)12(15)16/h3-5,7H,2H2,1H3,(H,13,14). The van der Waals surface area contributed by atoms with Gasteiger partial charge < -0.3 is 5.11 Å². The summed E-state index contributed by atoms with van der Waals surface area (Å²) in [5.74, 6) is -1.99. The van der Waals surface area contributed by atoms with E-state index in [1.165, 1.54) is 18.2 Å². The first kappa shape index (κ1) is 12.4. The third-order valence-corrected chi connectivity index (χ3v) is 2.50. The third-order valence-electron chi connectivity index (χ3n) is 2.27. The van der Waals surface area contributed by atoms with Crippen molar-refractivity contribution in [3.05, 3.63) is 38.9 Å². The van der Waals surface area contributed by atoms with Gasteiger partial charge in [0.15, 0.2) is 0 Å². The van der Waals surface area contributed by atoms with Crippen molar-refractivity contribution >= 4 is 23.3 Å². The minimum absolute atomic E-state index is 0.146. The maximum absolute atomic E-state index is 11.0. The van der Waals surface area contributed by atoms with Crippen molar-refractivity contribution in [2.45, 2.75) is 19.3 Å². The van der Waals surface area contributed by atoms with Crippen molar-refractivity contribution in [2.24, 2.45) is 0 Å². The molecule has 6 heteroatoms. The summed E-state index contributed by atoms with van der Waals surface area (Å²) in [5, 5.41) is 20.0. The van der Waals surface area contributed by atoms with Gasteiger partial charge in [-0.3, -0.25) is 14.9 Å². The number of carboxylic acid groups (broad SMARTS) is 1. The Morgan fingerprint density at radius 2 is 2.25 bits per heavy atom. The maximum Gasteiger partial charge on any atom is 0.311 e. The van der Waals surface area contributed by atoms with Gasteiger partial charge in [-0.2, -0.15) is 0 Å². The SMILES string of the molecule is CCC(C(=O)O)c1cc(Cl)ccc1[N+](=O)[O-]. The van der Waals surface area contributed by atoms with Gasteiger partial charge in [-0.15, -0.1) is 0 Å². The second-order valence-electron chi connectivity index (χ2n) is 3.26. The molecule has 5 nitrogen and oxygen atoms in total. The highest BCUT2D eigenvalue weighted by atomic mass is 35.5. The molecule has 0 fully saturated rings. The van der Waals surface area contributed by atoms with Gasteiger partial charge in [0.1, 0.15) is 0 Å². The lowest BCUT2D eigenvalue weighted by Crippen LogP contribution is -2.12. The molecule has 1 N–H and O–H groups in total. The molecule has 16 heavy (non-hydrogen) atoms. The molecule has 0 radical (unpaired) electrons. The number of nitrogens with zero attached hydrogens (tertiary/aromatic N) is 1. The van der Waals surface area contributed by atoms with Gasteiger partial charge in [0, 0.05) is 16.7 Å². The molecule has 0 aliphatic rings. The summed E-state index contributed by atoms with van der Waals surface area (Å²) in [4.78, 5) is 21.1. The molecule has 1 unspecified atom stereocenters. The molecular formula is C10H10ClNO4. The lowest BCUT2D eigenvalue weighted by atomic mass is 9.95. The first-order valence-electron chi connectivity index (χ1n) is 4.64. The summed E-state index contributed by atoms with van der Waals surface area (Å²) in [6.45, 7) is 1.66. The Morgan fingerprint density at radius 1 is 1.62 bits per heavy atom. The van der Waals surface area contributed by atoms with Crippen molar-refractivity contribution in [3.63, 3.8) is 0 Å².